The van der Waals surface area contributed by atoms with E-state index < -0.39 is 56.7 Å². The molecule has 0 rings (SSSR count). The monoisotopic (exact) mass is 350 g/mol. The van der Waals surface area contributed by atoms with Crippen LogP contribution in [0.1, 0.15) is 0 Å². The van der Waals surface area contributed by atoms with Crippen LogP contribution in [0.15, 0.2) is 13.2 Å². The Kier molecular flexibility index (Phi) is 23.7. The van der Waals surface area contributed by atoms with Crippen molar-refractivity contribution in [1.82, 2.24) is 9.80 Å². The molecule has 0 unspecified atom stereocenters. The first-order chi connectivity index (χ1) is 9.70. The molecular weight excluding hydrogens is 334 g/mol. The Morgan fingerprint density at radius 1 is 0.739 bits per heavy atom. The third-order valence-corrected chi connectivity index (χ3v) is 1.82. The van der Waals surface area contributed by atoms with Crippen LogP contribution in [0.2, 0.25) is 0 Å². The van der Waals surface area contributed by atoms with E-state index >= 15 is 0 Å². The van der Waals surface area contributed by atoms with Crippen LogP contribution in [0, 0.1) is 0 Å². The topological polar surface area (TPSA) is 161 Å². The van der Waals surface area contributed by atoms with Crippen molar-refractivity contribution in [2.24, 2.45) is 0 Å². The molecule has 0 aromatic heterocycles. The number of hydrogen-bond donors (Lipinski definition) is 2. The molecule has 0 spiro atoms. The zero-order valence-corrected chi connectivity index (χ0v) is 17.2. The van der Waals surface area contributed by atoms with Gasteiger partial charge < -0.3 is 30.0 Å². The van der Waals surface area contributed by atoms with Gasteiger partial charge in [0.2, 0.25) is 0 Å². The first kappa shape index (κ1) is 30.4. The summed E-state index contributed by atoms with van der Waals surface area (Å²) < 4.78 is 0. The molecule has 0 fully saturated rings. The zero-order valence-electron chi connectivity index (χ0n) is 13.2. The summed E-state index contributed by atoms with van der Waals surface area (Å²) in [4.78, 5) is 43.5. The summed E-state index contributed by atoms with van der Waals surface area (Å²) in [5.41, 5.74) is 0. The maximum absolute atomic E-state index is 10.5. The van der Waals surface area contributed by atoms with Gasteiger partial charge in [-0.2, -0.15) is 0 Å². The van der Waals surface area contributed by atoms with E-state index in [0.29, 0.717) is 0 Å². The molecule has 0 aliphatic carbocycles. The fourth-order valence-corrected chi connectivity index (χ4v) is 1.34. The van der Waals surface area contributed by atoms with Gasteiger partial charge in [0.05, 0.1) is 31.7 Å². The quantitative estimate of drug-likeness (QED) is 0.220. The van der Waals surface area contributed by atoms with Crippen LogP contribution in [0.25, 0.3) is 0 Å². The van der Waals surface area contributed by atoms with Crippen molar-refractivity contribution in [3.8, 4) is 0 Å². The van der Waals surface area contributed by atoms with Gasteiger partial charge in [0.1, 0.15) is 0 Å². The van der Waals surface area contributed by atoms with E-state index in [-0.39, 0.29) is 59.1 Å². The summed E-state index contributed by atoms with van der Waals surface area (Å²) in [6.07, 6.45) is 0. The van der Waals surface area contributed by atoms with E-state index in [2.05, 4.69) is 13.2 Å². The number of carboxylic acid groups (broad SMARTS) is 4. The molecule has 12 heteroatoms. The Morgan fingerprint density at radius 2 is 1.00 bits per heavy atom. The number of carbonyl (C=O) groups excluding carboxylic acids is 2. The Labute approximate surface area is 177 Å². The largest absolute Gasteiger partial charge is 1.00 e. The summed E-state index contributed by atoms with van der Waals surface area (Å²) in [6.45, 7) is 2.60. The van der Waals surface area contributed by atoms with Crippen molar-refractivity contribution in [1.29, 1.82) is 0 Å². The van der Waals surface area contributed by atoms with Crippen LogP contribution in [-0.4, -0.2) is 76.7 Å². The van der Waals surface area contributed by atoms with Gasteiger partial charge in [0.15, 0.2) is 0 Å². The van der Waals surface area contributed by atoms with E-state index in [9.17, 15) is 29.4 Å². The maximum Gasteiger partial charge on any atom is 1.00 e. The fourth-order valence-electron chi connectivity index (χ4n) is 1.34. The van der Waals surface area contributed by atoms with Gasteiger partial charge in [0.25, 0.3) is 0 Å². The second-order valence-electron chi connectivity index (χ2n) is 3.65. The Balaban J connectivity index is -0.000000432. The molecule has 0 bridgehead atoms. The van der Waals surface area contributed by atoms with Gasteiger partial charge in [-0.1, -0.05) is 0 Å². The molecule has 10 nitrogen and oxygen atoms in total. The van der Waals surface area contributed by atoms with Gasteiger partial charge in [-0.3, -0.25) is 19.4 Å². The number of hydrogen-bond acceptors (Lipinski definition) is 8. The minimum absolute atomic E-state index is 0. The van der Waals surface area contributed by atoms with Crippen molar-refractivity contribution in [2.75, 3.05) is 32.8 Å². The normalized spacial score (nSPS) is 8.96. The second kappa shape index (κ2) is 17.9. The number of carboxylic acids is 4. The molecule has 0 amide bonds. The molecule has 0 saturated heterocycles. The summed E-state index contributed by atoms with van der Waals surface area (Å²) in [5.74, 6) is -5.81. The smallest absolute Gasteiger partial charge is 0.549 e. The van der Waals surface area contributed by atoms with Crippen LogP contribution in [-0.2, 0) is 19.2 Å². The first-order valence-corrected chi connectivity index (χ1v) is 5.48. The van der Waals surface area contributed by atoms with Crippen LogP contribution in [0.5, 0.6) is 0 Å². The van der Waals surface area contributed by atoms with Gasteiger partial charge in [-0.25, -0.2) is 0 Å². The fraction of sp³-hybridized carbons (Fsp3) is 0.455. The minimum Gasteiger partial charge on any atom is -0.549 e. The molecule has 0 saturated carbocycles. The van der Waals surface area contributed by atoms with Crippen molar-refractivity contribution in [3.05, 3.63) is 13.2 Å². The van der Waals surface area contributed by atoms with E-state index in [1.165, 1.54) is 0 Å². The third kappa shape index (κ3) is 21.5. The minimum atomic E-state index is -1.58. The predicted octanol–water partition coefficient (Wildman–Crippen LogP) is -9.97. The summed E-state index contributed by atoms with van der Waals surface area (Å²) in [6, 6.07) is 0. The first-order valence-electron chi connectivity index (χ1n) is 5.48. The SMILES string of the molecule is C=C.O=C([O-])CN(CC(=O)[O-])CN(CC(=O)O)CC(=O)O.[Na+].[Na+]. The molecule has 0 atom stereocenters. The van der Waals surface area contributed by atoms with Crippen LogP contribution in [0.4, 0.5) is 0 Å². The predicted molar refractivity (Wildman–Crippen MR) is 64.6 cm³/mol. The Morgan fingerprint density at radius 3 is 1.22 bits per heavy atom. The molecule has 0 aliphatic rings. The van der Waals surface area contributed by atoms with Crippen molar-refractivity contribution < 1.29 is 98.7 Å². The Bertz CT molecular complexity index is 328. The number of nitrogens with zero attached hydrogens (tertiary/aromatic N) is 2. The molecule has 2 N–H and O–H groups in total. The van der Waals surface area contributed by atoms with Crippen LogP contribution < -0.4 is 69.3 Å². The van der Waals surface area contributed by atoms with Gasteiger partial charge in [-0.15, -0.1) is 13.2 Å². The molecule has 0 radical (unpaired) electrons. The molecule has 0 aromatic rings. The summed E-state index contributed by atoms with van der Waals surface area (Å²) in [7, 11) is 0. The van der Waals surface area contributed by atoms with E-state index in [0.717, 1.165) is 9.80 Å². The van der Waals surface area contributed by atoms with Crippen molar-refractivity contribution >= 4 is 23.9 Å². The second-order valence-corrected chi connectivity index (χ2v) is 3.65. The number of aliphatic carboxylic acids is 4. The average Bonchev–Trinajstić information content (AvgIpc) is 2.27. The summed E-state index contributed by atoms with van der Waals surface area (Å²) in [5, 5.41) is 37.9. The molecule has 0 aliphatic heterocycles. The number of carbonyl (C=O) groups is 4. The standard InChI is InChI=1S/C9H14N2O8.C2H4.2Na/c12-6(13)1-10(2-7(14)15)5-11(3-8(16)17)4-9(18)19;1-2;;/h1-5H2,(H,12,13)(H,14,15)(H,16,17)(H,18,19);1-2H2;;/q;;2*+1/p-2. The average molecular weight is 350 g/mol. The molecular formula is C11H16N2Na2O8. The Hall–Kier alpha value is -0.460. The maximum atomic E-state index is 10.5. The number of rotatable bonds is 10. The van der Waals surface area contributed by atoms with E-state index in [4.69, 9.17) is 10.2 Å². The zero-order chi connectivity index (χ0) is 17.0. The van der Waals surface area contributed by atoms with E-state index in [1.54, 1.807) is 0 Å². The molecule has 120 valence electrons. The van der Waals surface area contributed by atoms with Gasteiger partial charge in [0, 0.05) is 13.1 Å². The van der Waals surface area contributed by atoms with Crippen molar-refractivity contribution in [3.63, 3.8) is 0 Å². The van der Waals surface area contributed by atoms with Crippen LogP contribution >= 0.6 is 0 Å². The summed E-state index contributed by atoms with van der Waals surface area (Å²) >= 11 is 0. The molecule has 23 heavy (non-hydrogen) atoms. The van der Waals surface area contributed by atoms with Gasteiger partial charge in [-0.05, 0) is 0 Å². The third-order valence-electron chi connectivity index (χ3n) is 1.82. The molecule has 0 aromatic carbocycles. The van der Waals surface area contributed by atoms with Crippen LogP contribution in [0.3, 0.4) is 0 Å². The van der Waals surface area contributed by atoms with Crippen molar-refractivity contribution in [2.45, 2.75) is 0 Å². The van der Waals surface area contributed by atoms with E-state index in [1.807, 2.05) is 0 Å². The molecule has 0 heterocycles. The van der Waals surface area contributed by atoms with Gasteiger partial charge >= 0.3 is 71.1 Å².